The van der Waals surface area contributed by atoms with Gasteiger partial charge in [0.25, 0.3) is 0 Å². The largest absolute Gasteiger partial charge is 0.361 e. The van der Waals surface area contributed by atoms with Crippen molar-refractivity contribution in [3.05, 3.63) is 18.3 Å². The van der Waals surface area contributed by atoms with Crippen LogP contribution in [-0.2, 0) is 10.3 Å². The van der Waals surface area contributed by atoms with Crippen LogP contribution in [0.2, 0.25) is 0 Å². The zero-order valence-electron chi connectivity index (χ0n) is 12.4. The molecule has 19 heavy (non-hydrogen) atoms. The Morgan fingerprint density at radius 1 is 1.05 bits per heavy atom. The van der Waals surface area contributed by atoms with E-state index < -0.39 is 0 Å². The molecular formula is C12H22N6O. The second kappa shape index (κ2) is 5.38. The summed E-state index contributed by atoms with van der Waals surface area (Å²) in [7, 11) is 0. The van der Waals surface area contributed by atoms with Gasteiger partial charge >= 0.3 is 0 Å². The smallest absolute Gasteiger partial charge is 0.240 e. The van der Waals surface area contributed by atoms with Gasteiger partial charge in [-0.1, -0.05) is 46.8 Å². The molecule has 1 aliphatic rings. The van der Waals surface area contributed by atoms with Gasteiger partial charge in [-0.25, -0.2) is 5.48 Å². The average molecular weight is 266 g/mol. The summed E-state index contributed by atoms with van der Waals surface area (Å²) >= 11 is 0. The van der Waals surface area contributed by atoms with Gasteiger partial charge in [-0.15, -0.1) is 10.2 Å². The van der Waals surface area contributed by atoms with Gasteiger partial charge in [0.05, 0.1) is 0 Å². The molecule has 0 unspecified atom stereocenters. The van der Waals surface area contributed by atoms with Crippen LogP contribution in [-0.4, -0.2) is 26.5 Å². The van der Waals surface area contributed by atoms with Gasteiger partial charge in [0.2, 0.25) is 5.88 Å². The molecule has 0 aliphatic carbocycles. The second-order valence-electron chi connectivity index (χ2n) is 6.29. The number of H-pyrrole nitrogens is 1. The van der Waals surface area contributed by atoms with E-state index in [1.807, 2.05) is 20.8 Å². The number of aliphatic imine (C=N–C) groups is 1. The number of amidine groups is 1. The maximum atomic E-state index is 4.84. The van der Waals surface area contributed by atoms with Crippen LogP contribution in [0.5, 0.6) is 0 Å². The number of hydrogen-bond donors (Lipinski definition) is 2. The number of hydroxylamine groups is 1. The first kappa shape index (κ1) is 15.1. The topological polar surface area (TPSA) is 88.1 Å². The molecule has 106 valence electrons. The third-order valence-electron chi connectivity index (χ3n) is 2.23. The van der Waals surface area contributed by atoms with Crippen LogP contribution < -0.4 is 5.48 Å². The molecule has 7 nitrogen and oxygen atoms in total. The van der Waals surface area contributed by atoms with Crippen molar-refractivity contribution < 1.29 is 4.84 Å². The van der Waals surface area contributed by atoms with E-state index in [0.717, 1.165) is 11.7 Å². The monoisotopic (exact) mass is 266 g/mol. The molecule has 2 N–H and O–H groups in total. The molecule has 1 aromatic rings. The van der Waals surface area contributed by atoms with E-state index in [1.54, 1.807) is 0 Å². The van der Waals surface area contributed by atoms with Crippen LogP contribution in [0.4, 0.5) is 0 Å². The van der Waals surface area contributed by atoms with Crippen molar-refractivity contribution in [1.82, 2.24) is 26.1 Å². The minimum atomic E-state index is 0.00694. The van der Waals surface area contributed by atoms with Gasteiger partial charge in [0.15, 0.2) is 5.82 Å². The molecule has 0 spiro atoms. The number of hydrogen-bond acceptors (Lipinski definition) is 6. The predicted molar refractivity (Wildman–Crippen MR) is 73.1 cm³/mol. The van der Waals surface area contributed by atoms with Crippen molar-refractivity contribution in [3.8, 4) is 0 Å². The van der Waals surface area contributed by atoms with E-state index in [1.165, 1.54) is 0 Å². The molecule has 0 atom stereocenters. The number of rotatable bonds is 0. The molecule has 0 aromatic carbocycles. The van der Waals surface area contributed by atoms with Crippen molar-refractivity contribution in [2.75, 3.05) is 0 Å². The highest BCUT2D eigenvalue weighted by molar-refractivity contribution is 5.88. The van der Waals surface area contributed by atoms with Crippen LogP contribution in [0.3, 0.4) is 0 Å². The fraction of sp³-hybridized carbons (Fsp3) is 0.667. The minimum Gasteiger partial charge on any atom is -0.361 e. The first-order valence-electron chi connectivity index (χ1n) is 6.05. The SMILES string of the molecule is C=C1N=C(C(C)(C)C)NO1.CC(C)(C)c1nn[nH]n1. The Kier molecular flexibility index (Phi) is 4.28. The van der Waals surface area contributed by atoms with Gasteiger partial charge in [-0.3, -0.25) is 0 Å². The van der Waals surface area contributed by atoms with Crippen molar-refractivity contribution in [2.45, 2.75) is 47.0 Å². The molecule has 1 aromatic heterocycles. The lowest BCUT2D eigenvalue weighted by molar-refractivity contribution is 0.173. The van der Waals surface area contributed by atoms with Gasteiger partial charge in [0.1, 0.15) is 5.84 Å². The molecule has 0 amide bonds. The lowest BCUT2D eigenvalue weighted by Gasteiger charge is -2.16. The summed E-state index contributed by atoms with van der Waals surface area (Å²) in [6, 6.07) is 0. The number of aromatic nitrogens is 4. The summed E-state index contributed by atoms with van der Waals surface area (Å²) in [5.41, 5.74) is 2.72. The van der Waals surface area contributed by atoms with Crippen LogP contribution >= 0.6 is 0 Å². The average Bonchev–Trinajstić information content (AvgIpc) is 2.84. The normalized spacial score (nSPS) is 15.1. The van der Waals surface area contributed by atoms with Crippen LogP contribution in [0.15, 0.2) is 17.5 Å². The number of nitrogens with zero attached hydrogens (tertiary/aromatic N) is 4. The van der Waals surface area contributed by atoms with Crippen LogP contribution in [0, 0.1) is 5.41 Å². The number of nitrogens with one attached hydrogen (secondary N) is 2. The molecule has 0 saturated heterocycles. The standard InChI is InChI=1S/C7H12N2O.C5H10N4/c1-5-8-6(9-10-5)7(2,3)4;1-5(2,3)4-6-8-9-7-4/h1H2,2-4H3,(H,8,9);1-3H3,(H,6,7,8,9). The summed E-state index contributed by atoms with van der Waals surface area (Å²) in [5.74, 6) is 2.02. The predicted octanol–water partition coefficient (Wildman–Crippen LogP) is 1.93. The van der Waals surface area contributed by atoms with Crippen LogP contribution in [0.1, 0.15) is 47.4 Å². The molecule has 0 bridgehead atoms. The summed E-state index contributed by atoms with van der Waals surface area (Å²) < 4.78 is 0. The molecule has 0 fully saturated rings. The summed E-state index contributed by atoms with van der Waals surface area (Å²) in [5, 5.41) is 13.5. The first-order chi connectivity index (χ1) is 8.60. The maximum absolute atomic E-state index is 4.84. The highest BCUT2D eigenvalue weighted by atomic mass is 16.7. The fourth-order valence-electron chi connectivity index (χ4n) is 1.08. The number of tetrazole rings is 1. The molecule has 7 heteroatoms. The van der Waals surface area contributed by atoms with Crippen molar-refractivity contribution in [1.29, 1.82) is 0 Å². The highest BCUT2D eigenvalue weighted by Gasteiger charge is 2.23. The molecule has 1 aliphatic heterocycles. The van der Waals surface area contributed by atoms with Gasteiger partial charge in [-0.05, 0) is 6.58 Å². The third-order valence-corrected chi connectivity index (χ3v) is 2.23. The summed E-state index contributed by atoms with van der Waals surface area (Å²) in [6.45, 7) is 15.8. The molecule has 0 radical (unpaired) electrons. The minimum absolute atomic E-state index is 0.00694. The third kappa shape index (κ3) is 4.69. The van der Waals surface area contributed by atoms with E-state index in [9.17, 15) is 0 Å². The molecule has 2 rings (SSSR count). The molecule has 0 saturated carbocycles. The Balaban J connectivity index is 0.000000191. The summed E-state index contributed by atoms with van der Waals surface area (Å²) in [6.07, 6.45) is 0. The Labute approximate surface area is 113 Å². The lowest BCUT2D eigenvalue weighted by atomic mass is 9.95. The second-order valence-corrected chi connectivity index (χ2v) is 6.29. The van der Waals surface area contributed by atoms with E-state index in [2.05, 4.69) is 58.4 Å². The van der Waals surface area contributed by atoms with Crippen LogP contribution in [0.25, 0.3) is 0 Å². The quantitative estimate of drug-likeness (QED) is 0.749. The molecular weight excluding hydrogens is 244 g/mol. The van der Waals surface area contributed by atoms with Crippen molar-refractivity contribution >= 4 is 5.84 Å². The van der Waals surface area contributed by atoms with Gasteiger partial charge < -0.3 is 4.84 Å². The lowest BCUT2D eigenvalue weighted by Crippen LogP contribution is -2.30. The number of aromatic amines is 1. The van der Waals surface area contributed by atoms with Gasteiger partial charge in [0, 0.05) is 10.8 Å². The maximum Gasteiger partial charge on any atom is 0.240 e. The fourth-order valence-corrected chi connectivity index (χ4v) is 1.08. The highest BCUT2D eigenvalue weighted by Crippen LogP contribution is 2.19. The first-order valence-corrected chi connectivity index (χ1v) is 6.05. The Bertz CT molecular complexity index is 450. The summed E-state index contributed by atoms with van der Waals surface area (Å²) in [4.78, 5) is 8.89. The van der Waals surface area contributed by atoms with Gasteiger partial charge in [-0.2, -0.15) is 10.2 Å². The van der Waals surface area contributed by atoms with E-state index in [4.69, 9.17) is 4.84 Å². The van der Waals surface area contributed by atoms with Crippen molar-refractivity contribution in [2.24, 2.45) is 10.4 Å². The van der Waals surface area contributed by atoms with E-state index in [0.29, 0.717) is 5.88 Å². The Morgan fingerprint density at radius 2 is 1.68 bits per heavy atom. The zero-order chi connectivity index (χ0) is 14.7. The van der Waals surface area contributed by atoms with E-state index >= 15 is 0 Å². The van der Waals surface area contributed by atoms with E-state index in [-0.39, 0.29) is 10.8 Å². The zero-order valence-corrected chi connectivity index (χ0v) is 12.4. The van der Waals surface area contributed by atoms with Crippen molar-refractivity contribution in [3.63, 3.8) is 0 Å². The molecule has 2 heterocycles. The Hall–Kier alpha value is -1.92. The Morgan fingerprint density at radius 3 is 1.89 bits per heavy atom.